The summed E-state index contributed by atoms with van der Waals surface area (Å²) in [6.07, 6.45) is 5.96. The van der Waals surface area contributed by atoms with Crippen molar-refractivity contribution < 1.29 is 14.7 Å². The maximum absolute atomic E-state index is 13.0. The number of aromatic nitrogens is 2. The zero-order valence-electron chi connectivity index (χ0n) is 17.7. The molecule has 1 aromatic heterocycles. The average Bonchev–Trinajstić information content (AvgIpc) is 3.37. The van der Waals surface area contributed by atoms with E-state index in [2.05, 4.69) is 4.98 Å². The molecule has 6 nitrogen and oxygen atoms in total. The molecule has 1 unspecified atom stereocenters. The number of likely N-dealkylation sites (tertiary alicyclic amines) is 1. The lowest BCUT2D eigenvalue weighted by atomic mass is 9.94. The molecule has 1 fully saturated rings. The lowest BCUT2D eigenvalue weighted by Gasteiger charge is -2.25. The van der Waals surface area contributed by atoms with Crippen molar-refractivity contribution in [2.24, 2.45) is 0 Å². The first-order valence-corrected chi connectivity index (χ1v) is 10.3. The first kappa shape index (κ1) is 20.6. The summed E-state index contributed by atoms with van der Waals surface area (Å²) in [5.74, 6) is -1.36. The number of hydrogen-bond donors (Lipinski definition) is 1. The minimum atomic E-state index is -0.647. The molecule has 31 heavy (non-hydrogen) atoms. The van der Waals surface area contributed by atoms with Crippen molar-refractivity contribution in [2.45, 2.75) is 32.9 Å². The Balaban J connectivity index is 1.72. The van der Waals surface area contributed by atoms with Crippen LogP contribution in [0.5, 0.6) is 0 Å². The number of carbonyl (C=O) groups excluding carboxylic acids is 2. The van der Waals surface area contributed by atoms with E-state index in [1.54, 1.807) is 29.6 Å². The molecule has 0 bridgehead atoms. The van der Waals surface area contributed by atoms with Gasteiger partial charge in [-0.15, -0.1) is 0 Å². The number of aliphatic hydroxyl groups excluding tert-OH is 1. The van der Waals surface area contributed by atoms with Gasteiger partial charge in [0.25, 0.3) is 11.7 Å². The van der Waals surface area contributed by atoms with Gasteiger partial charge in [0.05, 0.1) is 17.9 Å². The van der Waals surface area contributed by atoms with Gasteiger partial charge in [0.1, 0.15) is 5.76 Å². The van der Waals surface area contributed by atoms with Gasteiger partial charge in [0, 0.05) is 31.0 Å². The van der Waals surface area contributed by atoms with Crippen LogP contribution in [0.4, 0.5) is 0 Å². The molecule has 158 valence electrons. The number of carbonyl (C=O) groups is 2. The van der Waals surface area contributed by atoms with Crippen LogP contribution in [0.1, 0.15) is 34.7 Å². The fourth-order valence-electron chi connectivity index (χ4n) is 3.92. The standard InChI is InChI=1S/C25H25N3O3/c1-17-4-8-19(9-5-17)22-21(23(29)20-10-6-18(2)7-11-20)24(30)25(31)28(22)14-3-13-27-15-12-26-16-27/h4-12,15-16,22,29H,3,13-14H2,1-2H3. The normalized spacial score (nSPS) is 18.0. The maximum atomic E-state index is 13.0. The molecular formula is C25H25N3O3. The van der Waals surface area contributed by atoms with Crippen LogP contribution in [0.25, 0.3) is 5.76 Å². The molecule has 3 aromatic rings. The van der Waals surface area contributed by atoms with Gasteiger partial charge < -0.3 is 14.6 Å². The predicted octanol–water partition coefficient (Wildman–Crippen LogP) is 4.01. The van der Waals surface area contributed by atoms with Crippen molar-refractivity contribution in [1.82, 2.24) is 14.5 Å². The highest BCUT2D eigenvalue weighted by atomic mass is 16.3. The van der Waals surface area contributed by atoms with Gasteiger partial charge in [-0.1, -0.05) is 59.7 Å². The van der Waals surface area contributed by atoms with Crippen LogP contribution in [-0.2, 0) is 16.1 Å². The number of hydrogen-bond acceptors (Lipinski definition) is 4. The third-order valence-electron chi connectivity index (χ3n) is 5.63. The molecule has 1 N–H and O–H groups in total. The highest BCUT2D eigenvalue weighted by Crippen LogP contribution is 2.39. The summed E-state index contributed by atoms with van der Waals surface area (Å²) in [4.78, 5) is 31.6. The summed E-state index contributed by atoms with van der Waals surface area (Å²) in [5, 5.41) is 11.0. The summed E-state index contributed by atoms with van der Waals surface area (Å²) in [6, 6.07) is 14.4. The monoisotopic (exact) mass is 415 g/mol. The third kappa shape index (κ3) is 4.14. The Kier molecular flexibility index (Phi) is 5.71. The quantitative estimate of drug-likeness (QED) is 0.375. The van der Waals surface area contributed by atoms with E-state index < -0.39 is 17.7 Å². The largest absolute Gasteiger partial charge is 0.507 e. The Morgan fingerprint density at radius 2 is 1.61 bits per heavy atom. The van der Waals surface area contributed by atoms with Crippen LogP contribution in [0.3, 0.4) is 0 Å². The number of ketones is 1. The summed E-state index contributed by atoms with van der Waals surface area (Å²) >= 11 is 0. The van der Waals surface area contributed by atoms with E-state index in [4.69, 9.17) is 0 Å². The maximum Gasteiger partial charge on any atom is 0.295 e. The van der Waals surface area contributed by atoms with Crippen molar-refractivity contribution in [3.05, 3.63) is 95.1 Å². The van der Waals surface area contributed by atoms with Crippen molar-refractivity contribution in [3.8, 4) is 0 Å². The minimum absolute atomic E-state index is 0.138. The van der Waals surface area contributed by atoms with Gasteiger partial charge >= 0.3 is 0 Å². The smallest absolute Gasteiger partial charge is 0.295 e. The molecule has 0 spiro atoms. The number of imidazole rings is 1. The predicted molar refractivity (Wildman–Crippen MR) is 118 cm³/mol. The fourth-order valence-corrected chi connectivity index (χ4v) is 3.92. The molecule has 1 saturated heterocycles. The van der Waals surface area contributed by atoms with E-state index in [0.717, 1.165) is 16.7 Å². The summed E-state index contributed by atoms with van der Waals surface area (Å²) < 4.78 is 1.93. The Morgan fingerprint density at radius 3 is 2.23 bits per heavy atom. The zero-order chi connectivity index (χ0) is 22.0. The van der Waals surface area contributed by atoms with Crippen molar-refractivity contribution in [3.63, 3.8) is 0 Å². The van der Waals surface area contributed by atoms with Crippen LogP contribution in [0, 0.1) is 13.8 Å². The van der Waals surface area contributed by atoms with Gasteiger partial charge in [0.2, 0.25) is 0 Å². The Labute approximate surface area is 181 Å². The molecule has 0 aliphatic carbocycles. The molecule has 4 rings (SSSR count). The van der Waals surface area contributed by atoms with Gasteiger partial charge in [-0.05, 0) is 25.8 Å². The second-order valence-electron chi connectivity index (χ2n) is 7.92. The molecule has 1 amide bonds. The number of aryl methyl sites for hydroxylation is 3. The Morgan fingerprint density at radius 1 is 0.968 bits per heavy atom. The first-order chi connectivity index (χ1) is 15.0. The lowest BCUT2D eigenvalue weighted by molar-refractivity contribution is -0.139. The summed E-state index contributed by atoms with van der Waals surface area (Å²) in [6.45, 7) is 5.01. The number of benzene rings is 2. The molecule has 1 aliphatic heterocycles. The SMILES string of the molecule is Cc1ccc(C(O)=C2C(=O)C(=O)N(CCCn3ccnc3)C2c2ccc(C)cc2)cc1. The molecule has 6 heteroatoms. The molecule has 1 aliphatic rings. The van der Waals surface area contributed by atoms with E-state index in [1.165, 1.54) is 0 Å². The molecule has 2 aromatic carbocycles. The number of nitrogens with zero attached hydrogens (tertiary/aromatic N) is 3. The van der Waals surface area contributed by atoms with E-state index >= 15 is 0 Å². The van der Waals surface area contributed by atoms with Crippen molar-refractivity contribution in [2.75, 3.05) is 6.54 Å². The van der Waals surface area contributed by atoms with Gasteiger partial charge in [-0.3, -0.25) is 9.59 Å². The van der Waals surface area contributed by atoms with E-state index in [-0.39, 0.29) is 11.3 Å². The number of Topliss-reactive ketones (excluding diaryl/α,β-unsaturated/α-hetero) is 1. The highest BCUT2D eigenvalue weighted by molar-refractivity contribution is 6.46. The molecule has 2 heterocycles. The van der Waals surface area contributed by atoms with Crippen LogP contribution in [0.2, 0.25) is 0 Å². The van der Waals surface area contributed by atoms with Gasteiger partial charge in [0.15, 0.2) is 0 Å². The van der Waals surface area contributed by atoms with Gasteiger partial charge in [-0.2, -0.15) is 0 Å². The van der Waals surface area contributed by atoms with Crippen LogP contribution in [-0.4, -0.2) is 37.8 Å². The van der Waals surface area contributed by atoms with E-state index in [0.29, 0.717) is 25.1 Å². The Hall–Kier alpha value is -3.67. The van der Waals surface area contributed by atoms with Crippen LogP contribution >= 0.6 is 0 Å². The third-order valence-corrected chi connectivity index (χ3v) is 5.63. The summed E-state index contributed by atoms with van der Waals surface area (Å²) in [5.41, 5.74) is 3.60. The summed E-state index contributed by atoms with van der Waals surface area (Å²) in [7, 11) is 0. The first-order valence-electron chi connectivity index (χ1n) is 10.3. The highest BCUT2D eigenvalue weighted by Gasteiger charge is 2.45. The molecule has 1 atom stereocenters. The second-order valence-corrected chi connectivity index (χ2v) is 7.92. The fraction of sp³-hybridized carbons (Fsp3) is 0.240. The molecule has 0 saturated carbocycles. The number of rotatable bonds is 6. The average molecular weight is 415 g/mol. The van der Waals surface area contributed by atoms with Crippen LogP contribution < -0.4 is 0 Å². The topological polar surface area (TPSA) is 75.4 Å². The van der Waals surface area contributed by atoms with E-state index in [1.807, 2.05) is 61.0 Å². The zero-order valence-corrected chi connectivity index (χ0v) is 17.7. The lowest BCUT2D eigenvalue weighted by Crippen LogP contribution is -2.31. The van der Waals surface area contributed by atoms with E-state index in [9.17, 15) is 14.7 Å². The van der Waals surface area contributed by atoms with Gasteiger partial charge in [-0.25, -0.2) is 4.98 Å². The van der Waals surface area contributed by atoms with Crippen LogP contribution in [0.15, 0.2) is 72.8 Å². The minimum Gasteiger partial charge on any atom is -0.507 e. The number of aliphatic hydroxyl groups is 1. The molecular weight excluding hydrogens is 390 g/mol. The van der Waals surface area contributed by atoms with Crippen molar-refractivity contribution >= 4 is 17.4 Å². The molecule has 0 radical (unpaired) electrons. The number of amides is 1. The van der Waals surface area contributed by atoms with Crippen molar-refractivity contribution in [1.29, 1.82) is 0 Å². The Bertz CT molecular complexity index is 1110. The second kappa shape index (κ2) is 8.60.